The van der Waals surface area contributed by atoms with Crippen LogP contribution in [0, 0.1) is 11.8 Å². The molecule has 0 unspecified atom stereocenters. The van der Waals surface area contributed by atoms with E-state index in [-0.39, 0.29) is 18.3 Å². The Bertz CT molecular complexity index is 401. The SMILES string of the molecule is C[C@H]1C[C@H]2O[C@@]2(CO)[C@@H]1COCc1ccccc1. The standard InChI is InChI=1S/C15H20O3/c1-11-7-14-15(10-16,18-14)13(11)9-17-8-12-5-3-2-4-6-12/h2-6,11,13-14,16H,7-10H2,1H3/t11-,13+,14+,15-/m0/s1. The Balaban J connectivity index is 1.54. The van der Waals surface area contributed by atoms with E-state index in [9.17, 15) is 5.11 Å². The third kappa shape index (κ3) is 1.96. The van der Waals surface area contributed by atoms with E-state index in [1.54, 1.807) is 0 Å². The van der Waals surface area contributed by atoms with Gasteiger partial charge in [-0.3, -0.25) is 0 Å². The summed E-state index contributed by atoms with van der Waals surface area (Å²) in [6.07, 6.45) is 1.32. The highest BCUT2D eigenvalue weighted by Crippen LogP contribution is 2.56. The summed E-state index contributed by atoms with van der Waals surface area (Å²) in [5.74, 6) is 0.905. The molecule has 0 bridgehead atoms. The molecular weight excluding hydrogens is 228 g/mol. The largest absolute Gasteiger partial charge is 0.393 e. The van der Waals surface area contributed by atoms with E-state index in [0.29, 0.717) is 25.0 Å². The van der Waals surface area contributed by atoms with Gasteiger partial charge in [-0.05, 0) is 17.9 Å². The van der Waals surface area contributed by atoms with Crippen molar-refractivity contribution in [3.05, 3.63) is 35.9 Å². The minimum atomic E-state index is -0.282. The lowest BCUT2D eigenvalue weighted by Gasteiger charge is -2.23. The molecule has 2 fully saturated rings. The van der Waals surface area contributed by atoms with Crippen LogP contribution < -0.4 is 0 Å². The monoisotopic (exact) mass is 248 g/mol. The fourth-order valence-electron chi connectivity index (χ4n) is 3.23. The summed E-state index contributed by atoms with van der Waals surface area (Å²) in [4.78, 5) is 0. The van der Waals surface area contributed by atoms with Crippen molar-refractivity contribution in [2.24, 2.45) is 11.8 Å². The van der Waals surface area contributed by atoms with Crippen molar-refractivity contribution in [3.8, 4) is 0 Å². The Morgan fingerprint density at radius 1 is 1.39 bits per heavy atom. The molecule has 3 rings (SSSR count). The lowest BCUT2D eigenvalue weighted by Crippen LogP contribution is -2.33. The van der Waals surface area contributed by atoms with Crippen molar-refractivity contribution in [1.82, 2.24) is 0 Å². The zero-order chi connectivity index (χ0) is 12.6. The van der Waals surface area contributed by atoms with Crippen LogP contribution in [0.2, 0.25) is 0 Å². The summed E-state index contributed by atoms with van der Waals surface area (Å²) >= 11 is 0. The van der Waals surface area contributed by atoms with Gasteiger partial charge >= 0.3 is 0 Å². The first-order valence-corrected chi connectivity index (χ1v) is 6.66. The van der Waals surface area contributed by atoms with Crippen molar-refractivity contribution in [3.63, 3.8) is 0 Å². The van der Waals surface area contributed by atoms with E-state index in [0.717, 1.165) is 6.42 Å². The molecule has 1 heterocycles. The molecule has 1 saturated heterocycles. The molecule has 1 aromatic carbocycles. The number of ether oxygens (including phenoxy) is 2. The number of hydrogen-bond donors (Lipinski definition) is 1. The molecule has 0 aromatic heterocycles. The second-order valence-corrected chi connectivity index (χ2v) is 5.54. The van der Waals surface area contributed by atoms with Crippen LogP contribution in [0.25, 0.3) is 0 Å². The van der Waals surface area contributed by atoms with Crippen LogP contribution in [-0.2, 0) is 16.1 Å². The lowest BCUT2D eigenvalue weighted by atomic mass is 9.90. The summed E-state index contributed by atoms with van der Waals surface area (Å²) in [5.41, 5.74) is 0.908. The van der Waals surface area contributed by atoms with Crippen LogP contribution in [0.5, 0.6) is 0 Å². The molecule has 3 nitrogen and oxygen atoms in total. The molecule has 3 heteroatoms. The van der Waals surface area contributed by atoms with Crippen molar-refractivity contribution in [2.45, 2.75) is 31.7 Å². The highest BCUT2D eigenvalue weighted by Gasteiger charge is 2.67. The van der Waals surface area contributed by atoms with Crippen LogP contribution >= 0.6 is 0 Å². The molecule has 1 N–H and O–H groups in total. The average molecular weight is 248 g/mol. The Morgan fingerprint density at radius 2 is 2.17 bits per heavy atom. The molecule has 4 atom stereocenters. The number of fused-ring (bicyclic) bond motifs is 1. The minimum Gasteiger partial charge on any atom is -0.393 e. The summed E-state index contributed by atoms with van der Waals surface area (Å²) < 4.78 is 11.5. The van der Waals surface area contributed by atoms with Gasteiger partial charge in [0.15, 0.2) is 0 Å². The molecule has 18 heavy (non-hydrogen) atoms. The molecule has 0 amide bonds. The molecule has 0 spiro atoms. The molecular formula is C15H20O3. The molecule has 1 saturated carbocycles. The van der Waals surface area contributed by atoms with Crippen LogP contribution in [0.1, 0.15) is 18.9 Å². The third-order valence-electron chi connectivity index (χ3n) is 4.41. The number of aliphatic hydroxyl groups excluding tert-OH is 1. The molecule has 1 aliphatic heterocycles. The van der Waals surface area contributed by atoms with Crippen molar-refractivity contribution in [2.75, 3.05) is 13.2 Å². The van der Waals surface area contributed by atoms with Crippen LogP contribution in [0.4, 0.5) is 0 Å². The molecule has 98 valence electrons. The zero-order valence-electron chi connectivity index (χ0n) is 10.7. The highest BCUT2D eigenvalue weighted by atomic mass is 16.6. The van der Waals surface area contributed by atoms with E-state index in [1.165, 1.54) is 5.56 Å². The average Bonchev–Trinajstić information content (AvgIpc) is 3.03. The van der Waals surface area contributed by atoms with Crippen molar-refractivity contribution < 1.29 is 14.6 Å². The number of hydrogen-bond acceptors (Lipinski definition) is 3. The second-order valence-electron chi connectivity index (χ2n) is 5.54. The Morgan fingerprint density at radius 3 is 2.89 bits per heavy atom. The maximum absolute atomic E-state index is 9.49. The third-order valence-corrected chi connectivity index (χ3v) is 4.41. The van der Waals surface area contributed by atoms with Gasteiger partial charge in [0, 0.05) is 5.92 Å². The summed E-state index contributed by atoms with van der Waals surface area (Å²) in [6.45, 7) is 3.66. The first-order valence-electron chi connectivity index (χ1n) is 6.66. The predicted octanol–water partition coefficient (Wildman–Crippen LogP) is 1.99. The maximum atomic E-state index is 9.49. The Hall–Kier alpha value is -0.900. The van der Waals surface area contributed by atoms with E-state index in [2.05, 4.69) is 19.1 Å². The van der Waals surface area contributed by atoms with Crippen molar-refractivity contribution >= 4 is 0 Å². The summed E-state index contributed by atoms with van der Waals surface area (Å²) in [7, 11) is 0. The van der Waals surface area contributed by atoms with E-state index in [4.69, 9.17) is 9.47 Å². The van der Waals surface area contributed by atoms with Crippen LogP contribution in [0.3, 0.4) is 0 Å². The summed E-state index contributed by atoms with van der Waals surface area (Å²) in [5, 5.41) is 9.49. The van der Waals surface area contributed by atoms with Gasteiger partial charge in [-0.1, -0.05) is 37.3 Å². The Kier molecular flexibility index (Phi) is 3.14. The fraction of sp³-hybridized carbons (Fsp3) is 0.600. The van der Waals surface area contributed by atoms with Gasteiger partial charge in [-0.25, -0.2) is 0 Å². The molecule has 1 aliphatic carbocycles. The van der Waals surface area contributed by atoms with E-state index < -0.39 is 0 Å². The fourth-order valence-corrected chi connectivity index (χ4v) is 3.23. The molecule has 0 radical (unpaired) electrons. The van der Waals surface area contributed by atoms with Gasteiger partial charge in [0.1, 0.15) is 5.60 Å². The van der Waals surface area contributed by atoms with Gasteiger partial charge in [0.05, 0.1) is 25.9 Å². The quantitative estimate of drug-likeness (QED) is 0.810. The highest BCUT2D eigenvalue weighted by molar-refractivity contribution is 5.15. The van der Waals surface area contributed by atoms with Gasteiger partial charge in [-0.15, -0.1) is 0 Å². The van der Waals surface area contributed by atoms with Gasteiger partial charge in [0.2, 0.25) is 0 Å². The van der Waals surface area contributed by atoms with Crippen molar-refractivity contribution in [1.29, 1.82) is 0 Å². The Labute approximate surface area is 108 Å². The number of rotatable bonds is 5. The van der Waals surface area contributed by atoms with Crippen LogP contribution in [0.15, 0.2) is 30.3 Å². The van der Waals surface area contributed by atoms with Crippen LogP contribution in [-0.4, -0.2) is 30.0 Å². The van der Waals surface area contributed by atoms with Gasteiger partial charge in [0.25, 0.3) is 0 Å². The minimum absolute atomic E-state index is 0.126. The number of epoxide rings is 1. The van der Waals surface area contributed by atoms with E-state index in [1.807, 2.05) is 18.2 Å². The van der Waals surface area contributed by atoms with E-state index >= 15 is 0 Å². The summed E-state index contributed by atoms with van der Waals surface area (Å²) in [6, 6.07) is 10.2. The van der Waals surface area contributed by atoms with Gasteiger partial charge < -0.3 is 14.6 Å². The topological polar surface area (TPSA) is 42.0 Å². The molecule has 2 aliphatic rings. The first kappa shape index (κ1) is 12.2. The number of aliphatic hydroxyl groups is 1. The smallest absolute Gasteiger partial charge is 0.123 e. The lowest BCUT2D eigenvalue weighted by molar-refractivity contribution is 0.00954. The number of benzene rings is 1. The zero-order valence-corrected chi connectivity index (χ0v) is 10.7. The predicted molar refractivity (Wildman–Crippen MR) is 68.1 cm³/mol. The maximum Gasteiger partial charge on any atom is 0.123 e. The normalized spacial score (nSPS) is 37.6. The van der Waals surface area contributed by atoms with Gasteiger partial charge in [-0.2, -0.15) is 0 Å². The first-order chi connectivity index (χ1) is 8.76. The second kappa shape index (κ2) is 4.65. The molecule has 1 aromatic rings.